The number of rotatable bonds is 7. The molecule has 1 aliphatic heterocycles. The Morgan fingerprint density at radius 2 is 2.04 bits per heavy atom. The molecule has 27 heavy (non-hydrogen) atoms. The fraction of sp³-hybridized carbons (Fsp3) is 0.524. The van der Waals surface area contributed by atoms with Gasteiger partial charge in [-0.1, -0.05) is 11.6 Å². The van der Waals surface area contributed by atoms with Crippen LogP contribution in [0, 0.1) is 6.92 Å². The maximum absolute atomic E-state index is 11.9. The van der Waals surface area contributed by atoms with Crippen LogP contribution in [0.15, 0.2) is 18.2 Å². The summed E-state index contributed by atoms with van der Waals surface area (Å²) in [6.07, 6.45) is 0.759. The van der Waals surface area contributed by atoms with Gasteiger partial charge in [0.25, 0.3) is 0 Å². The molecular weight excluding hydrogens is 344 g/mol. The van der Waals surface area contributed by atoms with Gasteiger partial charge in [-0.2, -0.15) is 0 Å². The van der Waals surface area contributed by atoms with Crippen molar-refractivity contribution in [2.75, 3.05) is 33.9 Å². The number of hydrogen-bond donors (Lipinski definition) is 0. The standard InChI is InChI=1S/C21H28N2O4/c1-14-5-6-19-17(9-14)18-11-22(3)8-7-20(18)23(19)16(12-26-4)13-27-21(25)10-15(2)24/h5-6,9,16H,7-8,10-13H2,1-4H3. The van der Waals surface area contributed by atoms with Crippen LogP contribution >= 0.6 is 0 Å². The molecular formula is C21H28N2O4. The van der Waals surface area contributed by atoms with Gasteiger partial charge in [0.2, 0.25) is 0 Å². The molecule has 146 valence electrons. The number of likely N-dealkylation sites (N-methyl/N-ethyl adjacent to an activating group) is 1. The Morgan fingerprint density at radius 1 is 1.26 bits per heavy atom. The van der Waals surface area contributed by atoms with Crippen LogP contribution in [0.25, 0.3) is 10.9 Å². The van der Waals surface area contributed by atoms with Gasteiger partial charge in [0.15, 0.2) is 0 Å². The fourth-order valence-electron chi connectivity index (χ4n) is 3.89. The number of methoxy groups -OCH3 is 1. The van der Waals surface area contributed by atoms with E-state index in [0.29, 0.717) is 6.61 Å². The summed E-state index contributed by atoms with van der Waals surface area (Å²) < 4.78 is 13.1. The van der Waals surface area contributed by atoms with E-state index < -0.39 is 5.97 Å². The minimum atomic E-state index is -0.482. The fourth-order valence-corrected chi connectivity index (χ4v) is 3.89. The van der Waals surface area contributed by atoms with Gasteiger partial charge in [-0.05, 0) is 38.6 Å². The molecule has 1 atom stereocenters. The molecule has 6 heteroatoms. The third-order valence-corrected chi connectivity index (χ3v) is 5.09. The molecule has 1 aliphatic rings. The third-order valence-electron chi connectivity index (χ3n) is 5.09. The SMILES string of the molecule is COCC(COC(=O)CC(C)=O)n1c2c(c3cc(C)ccc31)CN(C)CC2. The number of aryl methyl sites for hydroxylation is 1. The summed E-state index contributed by atoms with van der Waals surface area (Å²) in [5, 5.41) is 1.26. The number of fused-ring (bicyclic) bond motifs is 3. The van der Waals surface area contributed by atoms with Crippen LogP contribution in [-0.4, -0.2) is 55.1 Å². The van der Waals surface area contributed by atoms with Crippen molar-refractivity contribution < 1.29 is 19.1 Å². The Balaban J connectivity index is 1.99. The zero-order valence-corrected chi connectivity index (χ0v) is 16.6. The predicted octanol–water partition coefficient (Wildman–Crippen LogP) is 2.65. The first-order chi connectivity index (χ1) is 12.9. The topological polar surface area (TPSA) is 60.8 Å². The van der Waals surface area contributed by atoms with E-state index in [9.17, 15) is 9.59 Å². The molecule has 0 bridgehead atoms. The molecule has 3 rings (SSSR count). The van der Waals surface area contributed by atoms with Gasteiger partial charge in [0.1, 0.15) is 18.8 Å². The second-order valence-corrected chi connectivity index (χ2v) is 7.47. The maximum Gasteiger partial charge on any atom is 0.313 e. The van der Waals surface area contributed by atoms with Crippen LogP contribution in [0.1, 0.15) is 36.2 Å². The molecule has 0 saturated carbocycles. The quantitative estimate of drug-likeness (QED) is 0.552. The number of benzene rings is 1. The highest BCUT2D eigenvalue weighted by Crippen LogP contribution is 2.34. The summed E-state index contributed by atoms with van der Waals surface area (Å²) >= 11 is 0. The van der Waals surface area contributed by atoms with E-state index in [2.05, 4.69) is 41.6 Å². The van der Waals surface area contributed by atoms with Gasteiger partial charge in [-0.15, -0.1) is 0 Å². The van der Waals surface area contributed by atoms with Crippen LogP contribution in [0.2, 0.25) is 0 Å². The number of carbonyl (C=O) groups excluding carboxylic acids is 2. The Kier molecular flexibility index (Phi) is 5.97. The summed E-state index contributed by atoms with van der Waals surface area (Å²) in [5.74, 6) is -0.671. The molecule has 1 aromatic carbocycles. The van der Waals surface area contributed by atoms with E-state index in [1.165, 1.54) is 29.1 Å². The molecule has 0 amide bonds. The minimum Gasteiger partial charge on any atom is -0.463 e. The van der Waals surface area contributed by atoms with E-state index in [1.54, 1.807) is 7.11 Å². The molecule has 1 aromatic heterocycles. The monoisotopic (exact) mass is 372 g/mol. The van der Waals surface area contributed by atoms with E-state index in [4.69, 9.17) is 9.47 Å². The zero-order chi connectivity index (χ0) is 19.6. The molecule has 2 heterocycles. The van der Waals surface area contributed by atoms with Gasteiger partial charge in [-0.3, -0.25) is 9.59 Å². The van der Waals surface area contributed by atoms with E-state index in [0.717, 1.165) is 25.0 Å². The van der Waals surface area contributed by atoms with E-state index >= 15 is 0 Å². The van der Waals surface area contributed by atoms with Crippen LogP contribution in [-0.2, 0) is 32.0 Å². The highest BCUT2D eigenvalue weighted by atomic mass is 16.5. The molecule has 1 unspecified atom stereocenters. The van der Waals surface area contributed by atoms with Crippen molar-refractivity contribution in [3.05, 3.63) is 35.0 Å². The lowest BCUT2D eigenvalue weighted by Gasteiger charge is -2.27. The van der Waals surface area contributed by atoms with Gasteiger partial charge < -0.3 is 18.9 Å². The molecule has 0 spiro atoms. The number of hydrogen-bond acceptors (Lipinski definition) is 5. The normalized spacial score (nSPS) is 15.6. The van der Waals surface area contributed by atoms with Crippen LogP contribution in [0.5, 0.6) is 0 Å². The summed E-state index contributed by atoms with van der Waals surface area (Å²) in [6, 6.07) is 6.36. The Labute approximate surface area is 160 Å². The van der Waals surface area contributed by atoms with Crippen molar-refractivity contribution in [2.45, 2.75) is 39.3 Å². The van der Waals surface area contributed by atoms with Gasteiger partial charge in [-0.25, -0.2) is 0 Å². The molecule has 0 aliphatic carbocycles. The number of esters is 1. The number of ketones is 1. The molecule has 0 N–H and O–H groups in total. The largest absolute Gasteiger partial charge is 0.463 e. The first kappa shape index (κ1) is 19.6. The van der Waals surface area contributed by atoms with Crippen LogP contribution in [0.3, 0.4) is 0 Å². The Bertz CT molecular complexity index is 855. The average molecular weight is 372 g/mol. The second kappa shape index (κ2) is 8.23. The zero-order valence-electron chi connectivity index (χ0n) is 16.6. The Hall–Kier alpha value is -2.18. The average Bonchev–Trinajstić information content (AvgIpc) is 2.91. The summed E-state index contributed by atoms with van der Waals surface area (Å²) in [6.45, 7) is 6.03. The first-order valence-electron chi connectivity index (χ1n) is 9.35. The molecule has 2 aromatic rings. The van der Waals surface area contributed by atoms with E-state index in [1.807, 2.05) is 0 Å². The highest BCUT2D eigenvalue weighted by molar-refractivity contribution is 5.94. The van der Waals surface area contributed by atoms with Gasteiger partial charge in [0.05, 0.1) is 12.6 Å². The van der Waals surface area contributed by atoms with Gasteiger partial charge >= 0.3 is 5.97 Å². The van der Waals surface area contributed by atoms with Crippen molar-refractivity contribution in [1.82, 2.24) is 9.47 Å². The lowest BCUT2D eigenvalue weighted by Crippen LogP contribution is -2.30. The maximum atomic E-state index is 11.9. The second-order valence-electron chi connectivity index (χ2n) is 7.47. The lowest BCUT2D eigenvalue weighted by atomic mass is 10.0. The number of aromatic nitrogens is 1. The lowest BCUT2D eigenvalue weighted by molar-refractivity contribution is -0.147. The molecule has 0 fully saturated rings. The highest BCUT2D eigenvalue weighted by Gasteiger charge is 2.27. The summed E-state index contributed by atoms with van der Waals surface area (Å²) in [5.41, 5.74) is 5.01. The first-order valence-corrected chi connectivity index (χ1v) is 9.35. The third kappa shape index (κ3) is 4.22. The number of ether oxygens (including phenoxy) is 2. The molecule has 0 saturated heterocycles. The van der Waals surface area contributed by atoms with Crippen molar-refractivity contribution in [2.24, 2.45) is 0 Å². The van der Waals surface area contributed by atoms with E-state index in [-0.39, 0.29) is 24.9 Å². The van der Waals surface area contributed by atoms with Crippen molar-refractivity contribution in [1.29, 1.82) is 0 Å². The smallest absolute Gasteiger partial charge is 0.313 e. The van der Waals surface area contributed by atoms with Crippen LogP contribution < -0.4 is 0 Å². The summed E-state index contributed by atoms with van der Waals surface area (Å²) in [4.78, 5) is 25.3. The molecule has 0 radical (unpaired) electrons. The number of Topliss-reactive ketones (excluding diaryl/α,β-unsaturated/α-hetero) is 1. The Morgan fingerprint density at radius 3 is 2.74 bits per heavy atom. The number of carbonyl (C=O) groups is 2. The van der Waals surface area contributed by atoms with Crippen molar-refractivity contribution in [3.63, 3.8) is 0 Å². The number of nitrogens with zero attached hydrogens (tertiary/aromatic N) is 2. The van der Waals surface area contributed by atoms with Crippen molar-refractivity contribution in [3.8, 4) is 0 Å². The van der Waals surface area contributed by atoms with Crippen LogP contribution in [0.4, 0.5) is 0 Å². The van der Waals surface area contributed by atoms with Crippen molar-refractivity contribution >= 4 is 22.7 Å². The summed E-state index contributed by atoms with van der Waals surface area (Å²) in [7, 11) is 3.79. The minimum absolute atomic E-state index is 0.122. The predicted molar refractivity (Wildman–Crippen MR) is 104 cm³/mol. The van der Waals surface area contributed by atoms with Gasteiger partial charge in [0, 0.05) is 43.2 Å². The molecule has 6 nitrogen and oxygen atoms in total.